The summed E-state index contributed by atoms with van der Waals surface area (Å²) in [5.74, 6) is -0.207. The van der Waals surface area contributed by atoms with E-state index in [0.29, 0.717) is 17.3 Å². The Morgan fingerprint density at radius 1 is 0.906 bits per heavy atom. The molecule has 4 atom stereocenters. The summed E-state index contributed by atoms with van der Waals surface area (Å²) in [7, 11) is 1.80. The summed E-state index contributed by atoms with van der Waals surface area (Å²) in [6, 6.07) is 31.6. The number of aromatic nitrogens is 4. The molecule has 4 aromatic carbocycles. The van der Waals surface area contributed by atoms with E-state index in [9.17, 15) is 19.5 Å². The lowest BCUT2D eigenvalue weighted by molar-refractivity contribution is -0.245. The molecule has 0 radical (unpaired) electrons. The van der Waals surface area contributed by atoms with Crippen LogP contribution in [0.1, 0.15) is 53.1 Å². The third-order valence-electron chi connectivity index (χ3n) is 9.13. The van der Waals surface area contributed by atoms with Gasteiger partial charge in [-0.1, -0.05) is 109 Å². The first-order valence-electron chi connectivity index (χ1n) is 17.2. The maximum atomic E-state index is 13.1. The number of nitrogens with one attached hydrogen (secondary N) is 1. The molecule has 3 amide bonds. The molecule has 0 bridgehead atoms. The molecule has 14 heteroatoms. The number of aryl methyl sites for hydroxylation is 1. The summed E-state index contributed by atoms with van der Waals surface area (Å²) in [4.78, 5) is 39.5. The molecule has 2 N–H and O–H groups in total. The first kappa shape index (κ1) is 36.0. The van der Waals surface area contributed by atoms with Crippen LogP contribution in [-0.4, -0.2) is 66.0 Å². The number of amides is 3. The Kier molecular flexibility index (Phi) is 11.2. The van der Waals surface area contributed by atoms with E-state index >= 15 is 0 Å². The predicted octanol–water partition coefficient (Wildman–Crippen LogP) is 5.26. The number of hydrogen-bond donors (Lipinski definition) is 2. The molecule has 2 aliphatic rings. The van der Waals surface area contributed by atoms with Crippen molar-refractivity contribution in [2.24, 2.45) is 7.05 Å². The molecule has 5 aromatic rings. The number of benzene rings is 4. The van der Waals surface area contributed by atoms with Crippen LogP contribution in [0.5, 0.6) is 0 Å². The SMILES string of the molecule is Cn1nnnc1SCC1CC(c2ccc(CO)cc2)OC(c2ccc(-c3cccc(CN4C(=O)CC(NC(=O)OCc5ccccc5)C4=O)c3)cc2)O1. The van der Waals surface area contributed by atoms with Crippen LogP contribution in [-0.2, 0) is 50.6 Å². The second-order valence-corrected chi connectivity index (χ2v) is 13.8. The van der Waals surface area contributed by atoms with E-state index in [1.165, 1.54) is 16.7 Å². The summed E-state index contributed by atoms with van der Waals surface area (Å²) in [6.45, 7) is 0.108. The first-order chi connectivity index (χ1) is 25.8. The van der Waals surface area contributed by atoms with Gasteiger partial charge in [-0.25, -0.2) is 9.48 Å². The highest BCUT2D eigenvalue weighted by Gasteiger charge is 2.40. The highest BCUT2D eigenvalue weighted by atomic mass is 32.2. The number of carbonyl (C=O) groups is 3. The van der Waals surface area contributed by atoms with Crippen LogP contribution in [0, 0.1) is 0 Å². The molecule has 0 saturated carbocycles. The van der Waals surface area contributed by atoms with Gasteiger partial charge in [0.15, 0.2) is 6.29 Å². The molecular weight excluding hydrogens is 697 g/mol. The van der Waals surface area contributed by atoms with Gasteiger partial charge in [0.2, 0.25) is 11.1 Å². The van der Waals surface area contributed by atoms with Crippen LogP contribution in [0.2, 0.25) is 0 Å². The Hall–Kier alpha value is -5.41. The van der Waals surface area contributed by atoms with Gasteiger partial charge in [0, 0.05) is 24.8 Å². The highest BCUT2D eigenvalue weighted by molar-refractivity contribution is 7.99. The van der Waals surface area contributed by atoms with Crippen LogP contribution in [0.4, 0.5) is 4.79 Å². The zero-order valence-corrected chi connectivity index (χ0v) is 29.7. The zero-order valence-electron chi connectivity index (χ0n) is 28.9. The molecule has 0 aliphatic carbocycles. The van der Waals surface area contributed by atoms with E-state index in [1.807, 2.05) is 103 Å². The van der Waals surface area contributed by atoms with Gasteiger partial charge >= 0.3 is 6.09 Å². The highest BCUT2D eigenvalue weighted by Crippen LogP contribution is 2.39. The molecule has 7 rings (SSSR count). The van der Waals surface area contributed by atoms with Crippen molar-refractivity contribution in [3.8, 4) is 11.1 Å². The largest absolute Gasteiger partial charge is 0.445 e. The molecule has 53 heavy (non-hydrogen) atoms. The van der Waals surface area contributed by atoms with E-state index in [2.05, 4.69) is 20.8 Å². The molecule has 1 aromatic heterocycles. The van der Waals surface area contributed by atoms with E-state index < -0.39 is 24.3 Å². The average molecular weight is 735 g/mol. The maximum absolute atomic E-state index is 13.1. The Morgan fingerprint density at radius 3 is 2.40 bits per heavy atom. The Morgan fingerprint density at radius 2 is 1.66 bits per heavy atom. The lowest BCUT2D eigenvalue weighted by atomic mass is 9.99. The number of nitrogens with zero attached hydrogens (tertiary/aromatic N) is 5. The summed E-state index contributed by atoms with van der Waals surface area (Å²) in [6.07, 6.45) is -1.25. The molecule has 0 spiro atoms. The number of rotatable bonds is 12. The van der Waals surface area contributed by atoms with E-state index in [-0.39, 0.29) is 44.3 Å². The Labute approximate surface area is 310 Å². The lowest BCUT2D eigenvalue weighted by Gasteiger charge is -2.36. The van der Waals surface area contributed by atoms with Crippen molar-refractivity contribution in [2.75, 3.05) is 5.75 Å². The summed E-state index contributed by atoms with van der Waals surface area (Å²) >= 11 is 1.52. The molecule has 2 fully saturated rings. The third kappa shape index (κ3) is 8.80. The minimum Gasteiger partial charge on any atom is -0.445 e. The minimum absolute atomic E-state index is 0.0296. The van der Waals surface area contributed by atoms with Gasteiger partial charge in [-0.2, -0.15) is 0 Å². The summed E-state index contributed by atoms with van der Waals surface area (Å²) in [5.41, 5.74) is 6.11. The zero-order chi connectivity index (χ0) is 36.7. The molecule has 2 saturated heterocycles. The van der Waals surface area contributed by atoms with Crippen LogP contribution in [0.15, 0.2) is 108 Å². The van der Waals surface area contributed by atoms with Crippen molar-refractivity contribution < 1.29 is 33.7 Å². The lowest BCUT2D eigenvalue weighted by Crippen LogP contribution is -2.41. The van der Waals surface area contributed by atoms with Crippen molar-refractivity contribution in [3.05, 3.63) is 131 Å². The van der Waals surface area contributed by atoms with E-state index in [1.54, 1.807) is 11.7 Å². The number of likely N-dealkylation sites (tertiary alicyclic amines) is 1. The summed E-state index contributed by atoms with van der Waals surface area (Å²) < 4.78 is 19.8. The van der Waals surface area contributed by atoms with E-state index in [4.69, 9.17) is 14.2 Å². The predicted molar refractivity (Wildman–Crippen MR) is 194 cm³/mol. The number of imide groups is 1. The smallest absolute Gasteiger partial charge is 0.408 e. The quantitative estimate of drug-likeness (QED) is 0.127. The van der Waals surface area contributed by atoms with Crippen molar-refractivity contribution in [1.29, 1.82) is 0 Å². The molecule has 2 aliphatic heterocycles. The van der Waals surface area contributed by atoms with Gasteiger partial charge in [0.05, 0.1) is 31.8 Å². The minimum atomic E-state index is -0.979. The number of aliphatic hydroxyl groups is 1. The van der Waals surface area contributed by atoms with Gasteiger partial charge in [0.1, 0.15) is 12.6 Å². The third-order valence-corrected chi connectivity index (χ3v) is 10.3. The number of tetrazole rings is 1. The van der Waals surface area contributed by atoms with Gasteiger partial charge in [0.25, 0.3) is 5.91 Å². The fourth-order valence-corrected chi connectivity index (χ4v) is 7.13. The van der Waals surface area contributed by atoms with Gasteiger partial charge < -0.3 is 24.6 Å². The molecule has 13 nitrogen and oxygen atoms in total. The Balaban J connectivity index is 1.000. The molecule has 4 unspecified atom stereocenters. The van der Waals surface area contributed by atoms with Crippen molar-refractivity contribution >= 4 is 29.7 Å². The second kappa shape index (κ2) is 16.5. The number of alkyl carbamates (subject to hydrolysis) is 1. The molecule has 3 heterocycles. The number of hydrogen-bond acceptors (Lipinski definition) is 11. The van der Waals surface area contributed by atoms with Crippen molar-refractivity contribution in [1.82, 2.24) is 30.4 Å². The fraction of sp³-hybridized carbons (Fsp3) is 0.282. The molecule has 272 valence electrons. The topological polar surface area (TPSA) is 158 Å². The average Bonchev–Trinajstić information content (AvgIpc) is 3.73. The number of ether oxygens (including phenoxy) is 3. The normalized spacial score (nSPS) is 20.1. The summed E-state index contributed by atoms with van der Waals surface area (Å²) in [5, 5.41) is 24.5. The Bertz CT molecular complexity index is 2040. The first-order valence-corrected chi connectivity index (χ1v) is 18.2. The molecular formula is C39H38N6O7S. The number of aliphatic hydroxyl groups excluding tert-OH is 1. The van der Waals surface area contributed by atoms with Crippen LogP contribution < -0.4 is 5.32 Å². The van der Waals surface area contributed by atoms with Gasteiger partial charge in [-0.3, -0.25) is 14.5 Å². The second-order valence-electron chi connectivity index (χ2n) is 12.8. The standard InChI is InChI=1S/C39H38N6O7S/c1-44-38(41-42-43-44)53-24-32-19-34(29-12-10-25(22-46)11-13-29)52-37(51-32)30-16-14-28(15-17-30)31-9-5-8-27(18-31)21-45-35(47)20-33(36(45)48)40-39(49)50-23-26-6-3-2-4-7-26/h2-18,32-34,37,46H,19-24H2,1H3,(H,40,49). The van der Waals surface area contributed by atoms with Crippen molar-refractivity contribution in [2.45, 2.75) is 62.3 Å². The number of carbonyl (C=O) groups excluding carboxylic acids is 3. The fourth-order valence-electron chi connectivity index (χ4n) is 6.27. The van der Waals surface area contributed by atoms with Gasteiger partial charge in [-0.05, 0) is 49.9 Å². The van der Waals surface area contributed by atoms with Crippen LogP contribution >= 0.6 is 11.8 Å². The monoisotopic (exact) mass is 734 g/mol. The van der Waals surface area contributed by atoms with Gasteiger partial charge in [-0.15, -0.1) is 5.10 Å². The van der Waals surface area contributed by atoms with Crippen molar-refractivity contribution in [3.63, 3.8) is 0 Å². The van der Waals surface area contributed by atoms with E-state index in [0.717, 1.165) is 38.9 Å². The van der Waals surface area contributed by atoms with Crippen LogP contribution in [0.25, 0.3) is 11.1 Å². The number of thioether (sulfide) groups is 1. The van der Waals surface area contributed by atoms with Crippen LogP contribution in [0.3, 0.4) is 0 Å². The maximum Gasteiger partial charge on any atom is 0.408 e.